The summed E-state index contributed by atoms with van der Waals surface area (Å²) in [5.41, 5.74) is 2.75. The van der Waals surface area contributed by atoms with Crippen LogP contribution in [0.15, 0.2) is 45.8 Å². The van der Waals surface area contributed by atoms with Gasteiger partial charge in [0.25, 0.3) is 0 Å². The third kappa shape index (κ3) is 3.10. The summed E-state index contributed by atoms with van der Waals surface area (Å²) in [5, 5.41) is 4.27. The van der Waals surface area contributed by atoms with Gasteiger partial charge in [0.1, 0.15) is 5.58 Å². The maximum absolute atomic E-state index is 12.1. The summed E-state index contributed by atoms with van der Waals surface area (Å²) in [6, 6.07) is 7.60. The Kier molecular flexibility index (Phi) is 3.71. The van der Waals surface area contributed by atoms with Crippen LogP contribution in [0.4, 0.5) is 0 Å². The Labute approximate surface area is 119 Å². The lowest BCUT2D eigenvalue weighted by atomic mass is 10.0. The molecule has 0 atom stereocenters. The minimum Gasteiger partial charge on any atom is -0.423 e. The Bertz CT molecular complexity index is 705. The van der Waals surface area contributed by atoms with Gasteiger partial charge in [0.05, 0.1) is 0 Å². The molecule has 1 aromatic heterocycles. The molecule has 2 aromatic rings. The van der Waals surface area contributed by atoms with Gasteiger partial charge in [-0.1, -0.05) is 24.8 Å². The second kappa shape index (κ2) is 5.16. The normalized spacial score (nSPS) is 11.6. The molecule has 0 saturated heterocycles. The number of para-hydroxylation sites is 1. The minimum atomic E-state index is -0.280. The summed E-state index contributed by atoms with van der Waals surface area (Å²) in [5.74, 6) is 0. The number of hydrogen-bond donors (Lipinski definition) is 1. The number of fused-ring (bicyclic) bond motifs is 1. The van der Waals surface area contributed by atoms with Gasteiger partial charge < -0.3 is 9.73 Å². The highest BCUT2D eigenvalue weighted by Crippen LogP contribution is 2.20. The van der Waals surface area contributed by atoms with Gasteiger partial charge in [0.15, 0.2) is 0 Å². The quantitative estimate of drug-likeness (QED) is 0.868. The smallest absolute Gasteiger partial charge is 0.340 e. The monoisotopic (exact) mass is 271 g/mol. The first-order valence-corrected chi connectivity index (χ1v) is 6.75. The Morgan fingerprint density at radius 3 is 2.60 bits per heavy atom. The number of benzene rings is 1. The zero-order valence-corrected chi connectivity index (χ0v) is 12.5. The molecule has 2 rings (SSSR count). The first-order chi connectivity index (χ1) is 9.28. The van der Waals surface area contributed by atoms with Crippen molar-refractivity contribution in [3.63, 3.8) is 0 Å². The number of hydrogen-bond acceptors (Lipinski definition) is 3. The van der Waals surface area contributed by atoms with Gasteiger partial charge in [0.2, 0.25) is 0 Å². The molecule has 1 N–H and O–H groups in total. The summed E-state index contributed by atoms with van der Waals surface area (Å²) < 4.78 is 5.38. The lowest BCUT2D eigenvalue weighted by molar-refractivity contribution is 0.466. The van der Waals surface area contributed by atoms with E-state index in [1.165, 1.54) is 0 Å². The van der Waals surface area contributed by atoms with Crippen molar-refractivity contribution in [2.45, 2.75) is 39.7 Å². The molecule has 0 bridgehead atoms. The zero-order chi connectivity index (χ0) is 14.9. The summed E-state index contributed by atoms with van der Waals surface area (Å²) in [4.78, 5) is 12.1. The van der Waals surface area contributed by atoms with Crippen molar-refractivity contribution in [2.75, 3.05) is 0 Å². The number of rotatable bonds is 3. The predicted molar refractivity (Wildman–Crippen MR) is 83.0 cm³/mol. The predicted octanol–water partition coefficient (Wildman–Crippen LogP) is 3.55. The fourth-order valence-electron chi connectivity index (χ4n) is 2.34. The Hall–Kier alpha value is -2.03. The first-order valence-electron chi connectivity index (χ1n) is 6.75. The Morgan fingerprint density at radius 1 is 1.30 bits per heavy atom. The van der Waals surface area contributed by atoms with Crippen LogP contribution >= 0.6 is 0 Å². The largest absolute Gasteiger partial charge is 0.423 e. The maximum atomic E-state index is 12.1. The zero-order valence-electron chi connectivity index (χ0n) is 12.5. The number of nitrogens with one attached hydrogen (secondary N) is 1. The van der Waals surface area contributed by atoms with Crippen LogP contribution in [0.3, 0.4) is 0 Å². The van der Waals surface area contributed by atoms with Crippen molar-refractivity contribution in [1.82, 2.24) is 5.32 Å². The lowest BCUT2D eigenvalue weighted by Gasteiger charge is -2.24. The average molecular weight is 271 g/mol. The summed E-state index contributed by atoms with van der Waals surface area (Å²) in [6.45, 7) is 12.2. The highest BCUT2D eigenvalue weighted by molar-refractivity contribution is 5.80. The topological polar surface area (TPSA) is 42.2 Å². The molecule has 0 amide bonds. The molecule has 106 valence electrons. The van der Waals surface area contributed by atoms with Crippen molar-refractivity contribution < 1.29 is 4.42 Å². The third-order valence-corrected chi connectivity index (χ3v) is 3.13. The SMILES string of the molecule is C=C(Cc1c(C)c2ccccc2oc1=O)NC(C)(C)C. The third-order valence-electron chi connectivity index (χ3n) is 3.13. The second-order valence-corrected chi connectivity index (χ2v) is 6.14. The van der Waals surface area contributed by atoms with E-state index in [-0.39, 0.29) is 11.2 Å². The van der Waals surface area contributed by atoms with Crippen LogP contribution in [-0.2, 0) is 6.42 Å². The van der Waals surface area contributed by atoms with Crippen LogP contribution in [0.5, 0.6) is 0 Å². The number of aryl methyl sites for hydroxylation is 1. The van der Waals surface area contributed by atoms with Gasteiger partial charge in [0, 0.05) is 28.6 Å². The molecule has 0 unspecified atom stereocenters. The average Bonchev–Trinajstić information content (AvgIpc) is 2.32. The van der Waals surface area contributed by atoms with Gasteiger partial charge >= 0.3 is 5.63 Å². The van der Waals surface area contributed by atoms with Gasteiger partial charge in [-0.05, 0) is 39.3 Å². The van der Waals surface area contributed by atoms with E-state index in [0.717, 1.165) is 16.6 Å². The van der Waals surface area contributed by atoms with Gasteiger partial charge in [-0.15, -0.1) is 0 Å². The van der Waals surface area contributed by atoms with E-state index >= 15 is 0 Å². The molecule has 0 aliphatic heterocycles. The molecular weight excluding hydrogens is 250 g/mol. The molecule has 0 aliphatic carbocycles. The van der Waals surface area contributed by atoms with Gasteiger partial charge in [-0.25, -0.2) is 4.79 Å². The van der Waals surface area contributed by atoms with Crippen LogP contribution in [0.1, 0.15) is 31.9 Å². The molecule has 0 saturated carbocycles. The molecular formula is C17H21NO2. The molecule has 0 fully saturated rings. The van der Waals surface area contributed by atoms with Crippen LogP contribution in [0, 0.1) is 6.92 Å². The van der Waals surface area contributed by atoms with Crippen molar-refractivity contribution in [3.8, 4) is 0 Å². The molecule has 1 heterocycles. The second-order valence-electron chi connectivity index (χ2n) is 6.14. The van der Waals surface area contributed by atoms with Crippen LogP contribution in [0.2, 0.25) is 0 Å². The molecule has 20 heavy (non-hydrogen) atoms. The number of allylic oxidation sites excluding steroid dienone is 1. The van der Waals surface area contributed by atoms with E-state index in [4.69, 9.17) is 4.42 Å². The van der Waals surface area contributed by atoms with Crippen LogP contribution in [0.25, 0.3) is 11.0 Å². The van der Waals surface area contributed by atoms with Crippen molar-refractivity contribution in [1.29, 1.82) is 0 Å². The molecule has 0 spiro atoms. The molecule has 3 heteroatoms. The molecule has 0 radical (unpaired) electrons. The van der Waals surface area contributed by atoms with Gasteiger partial charge in [-0.2, -0.15) is 0 Å². The fraction of sp³-hybridized carbons (Fsp3) is 0.353. The van der Waals surface area contributed by atoms with E-state index < -0.39 is 0 Å². The van der Waals surface area contributed by atoms with E-state index in [2.05, 4.69) is 32.7 Å². The van der Waals surface area contributed by atoms with Crippen LogP contribution < -0.4 is 10.9 Å². The minimum absolute atomic E-state index is 0.0674. The molecule has 0 aliphatic rings. The van der Waals surface area contributed by atoms with E-state index in [1.807, 2.05) is 31.2 Å². The fourth-order valence-corrected chi connectivity index (χ4v) is 2.34. The molecule has 3 nitrogen and oxygen atoms in total. The summed E-state index contributed by atoms with van der Waals surface area (Å²) in [6.07, 6.45) is 0.482. The summed E-state index contributed by atoms with van der Waals surface area (Å²) >= 11 is 0. The van der Waals surface area contributed by atoms with Crippen LogP contribution in [-0.4, -0.2) is 5.54 Å². The van der Waals surface area contributed by atoms with Crippen molar-refractivity contribution in [3.05, 3.63) is 58.1 Å². The van der Waals surface area contributed by atoms with Gasteiger partial charge in [-0.3, -0.25) is 0 Å². The Balaban J connectivity index is 2.40. The van der Waals surface area contributed by atoms with Crippen molar-refractivity contribution >= 4 is 11.0 Å². The van der Waals surface area contributed by atoms with E-state index in [9.17, 15) is 4.79 Å². The highest BCUT2D eigenvalue weighted by Gasteiger charge is 2.15. The summed E-state index contributed by atoms with van der Waals surface area (Å²) in [7, 11) is 0. The first kappa shape index (κ1) is 14.4. The van der Waals surface area contributed by atoms with Crippen molar-refractivity contribution in [2.24, 2.45) is 0 Å². The van der Waals surface area contributed by atoms with E-state index in [1.54, 1.807) is 0 Å². The Morgan fingerprint density at radius 2 is 1.95 bits per heavy atom. The maximum Gasteiger partial charge on any atom is 0.340 e. The highest BCUT2D eigenvalue weighted by atomic mass is 16.4. The standard InChI is InChI=1S/C17H21NO2/c1-11(18-17(3,4)5)10-14-12(2)13-8-6-7-9-15(13)20-16(14)19/h6-9,18H,1,10H2,2-5H3. The lowest BCUT2D eigenvalue weighted by Crippen LogP contribution is -2.35. The molecule has 1 aromatic carbocycles. The van der Waals surface area contributed by atoms with E-state index in [0.29, 0.717) is 17.6 Å².